The van der Waals surface area contributed by atoms with Crippen LogP contribution < -0.4 is 0 Å². The summed E-state index contributed by atoms with van der Waals surface area (Å²) >= 11 is 0. The van der Waals surface area contributed by atoms with Crippen LogP contribution in [0.1, 0.15) is 11.1 Å². The highest BCUT2D eigenvalue weighted by Crippen LogP contribution is 2.36. The van der Waals surface area contributed by atoms with Gasteiger partial charge in [-0.3, -0.25) is 0 Å². The van der Waals surface area contributed by atoms with Crippen molar-refractivity contribution in [2.24, 2.45) is 0 Å². The minimum atomic E-state index is -5.12. The summed E-state index contributed by atoms with van der Waals surface area (Å²) in [6.45, 7) is 0. The number of allylic oxidation sites excluding steroid dienone is 2. The Morgan fingerprint density at radius 3 is 1.83 bits per heavy atom. The molecule has 0 aliphatic carbocycles. The van der Waals surface area contributed by atoms with Crippen molar-refractivity contribution in [3.63, 3.8) is 0 Å². The second-order valence-electron chi connectivity index (χ2n) is 3.29. The SMILES string of the molecule is N#Cc1ccc(/C(=C\C(F)(F)F)C(F)(F)F)cc1. The molecule has 0 unspecified atom stereocenters. The highest BCUT2D eigenvalue weighted by atomic mass is 19.4. The number of benzene rings is 1. The topological polar surface area (TPSA) is 23.8 Å². The second kappa shape index (κ2) is 4.72. The Morgan fingerprint density at radius 1 is 1.00 bits per heavy atom. The lowest BCUT2D eigenvalue weighted by Crippen LogP contribution is -2.15. The standard InChI is InChI=1S/C11H5F6N/c12-10(13,14)5-9(11(15,16)17)8-3-1-7(6-18)2-4-8/h1-5H/b9-5+. The van der Waals surface area contributed by atoms with Crippen LogP contribution >= 0.6 is 0 Å². The number of alkyl halides is 6. The highest BCUT2D eigenvalue weighted by Gasteiger charge is 2.39. The van der Waals surface area contributed by atoms with Crippen molar-refractivity contribution in [1.29, 1.82) is 5.26 Å². The first-order valence-electron chi connectivity index (χ1n) is 4.51. The molecule has 1 rings (SSSR count). The summed E-state index contributed by atoms with van der Waals surface area (Å²) in [5.74, 6) is 0. The van der Waals surface area contributed by atoms with Gasteiger partial charge in [0.1, 0.15) is 0 Å². The van der Waals surface area contributed by atoms with Gasteiger partial charge in [0.15, 0.2) is 0 Å². The first-order chi connectivity index (χ1) is 8.13. The fourth-order valence-corrected chi connectivity index (χ4v) is 1.22. The van der Waals surface area contributed by atoms with Gasteiger partial charge in [0.25, 0.3) is 0 Å². The van der Waals surface area contributed by atoms with E-state index in [1.54, 1.807) is 6.07 Å². The van der Waals surface area contributed by atoms with Gasteiger partial charge in [0.05, 0.1) is 17.2 Å². The summed E-state index contributed by atoms with van der Waals surface area (Å²) < 4.78 is 73.6. The monoisotopic (exact) mass is 265 g/mol. The van der Waals surface area contributed by atoms with Crippen molar-refractivity contribution in [2.75, 3.05) is 0 Å². The molecule has 0 spiro atoms. The number of nitrogens with zero attached hydrogens (tertiary/aromatic N) is 1. The second-order valence-corrected chi connectivity index (χ2v) is 3.29. The molecular weight excluding hydrogens is 260 g/mol. The third kappa shape index (κ3) is 3.80. The molecule has 1 aromatic carbocycles. The first kappa shape index (κ1) is 14.1. The van der Waals surface area contributed by atoms with Crippen LogP contribution in [0, 0.1) is 11.3 Å². The summed E-state index contributed by atoms with van der Waals surface area (Å²) in [7, 11) is 0. The molecule has 0 heterocycles. The zero-order valence-electron chi connectivity index (χ0n) is 8.60. The minimum absolute atomic E-state index is 0.0623. The first-order valence-corrected chi connectivity index (χ1v) is 4.51. The molecule has 0 aliphatic heterocycles. The van der Waals surface area contributed by atoms with E-state index < -0.39 is 29.6 Å². The molecule has 96 valence electrons. The van der Waals surface area contributed by atoms with Crippen LogP contribution in [0.5, 0.6) is 0 Å². The van der Waals surface area contributed by atoms with E-state index in [1.165, 1.54) is 0 Å². The van der Waals surface area contributed by atoms with Crippen LogP contribution in [0.15, 0.2) is 30.3 Å². The minimum Gasteiger partial charge on any atom is -0.192 e. The molecule has 0 saturated heterocycles. The predicted molar refractivity (Wildman–Crippen MR) is 51.2 cm³/mol. The molecule has 18 heavy (non-hydrogen) atoms. The Kier molecular flexibility index (Phi) is 3.70. The predicted octanol–water partition coefficient (Wildman–Crippen LogP) is 4.07. The average molecular weight is 265 g/mol. The number of nitriles is 1. The molecule has 0 fully saturated rings. The van der Waals surface area contributed by atoms with Gasteiger partial charge in [0.2, 0.25) is 0 Å². The van der Waals surface area contributed by atoms with E-state index in [9.17, 15) is 26.3 Å². The molecule has 0 bridgehead atoms. The molecule has 0 aromatic heterocycles. The summed E-state index contributed by atoms with van der Waals surface area (Å²) in [4.78, 5) is 0. The maximum Gasteiger partial charge on any atom is 0.417 e. The van der Waals surface area contributed by atoms with Gasteiger partial charge < -0.3 is 0 Å². The van der Waals surface area contributed by atoms with Crippen LogP contribution in [-0.2, 0) is 0 Å². The quantitative estimate of drug-likeness (QED) is 0.702. The molecule has 1 nitrogen and oxygen atoms in total. The maximum absolute atomic E-state index is 12.5. The molecule has 0 aliphatic rings. The fraction of sp³-hybridized carbons (Fsp3) is 0.182. The van der Waals surface area contributed by atoms with Crippen molar-refractivity contribution >= 4 is 5.57 Å². The average Bonchev–Trinajstić information content (AvgIpc) is 2.24. The van der Waals surface area contributed by atoms with Crippen molar-refractivity contribution in [3.05, 3.63) is 41.5 Å². The van der Waals surface area contributed by atoms with Gasteiger partial charge in [-0.2, -0.15) is 31.6 Å². The molecule has 0 N–H and O–H groups in total. The van der Waals surface area contributed by atoms with E-state index in [1.807, 2.05) is 0 Å². The fourth-order valence-electron chi connectivity index (χ4n) is 1.22. The van der Waals surface area contributed by atoms with E-state index in [-0.39, 0.29) is 5.56 Å². The Morgan fingerprint density at radius 2 is 1.50 bits per heavy atom. The van der Waals surface area contributed by atoms with Crippen LogP contribution in [0.2, 0.25) is 0 Å². The zero-order chi connectivity index (χ0) is 14.0. The van der Waals surface area contributed by atoms with Crippen molar-refractivity contribution < 1.29 is 26.3 Å². The summed E-state index contributed by atoms with van der Waals surface area (Å²) in [5, 5.41) is 8.45. The Hall–Kier alpha value is -1.97. The zero-order valence-corrected chi connectivity index (χ0v) is 8.60. The lowest BCUT2D eigenvalue weighted by molar-refractivity contribution is -0.0911. The van der Waals surface area contributed by atoms with E-state index in [0.717, 1.165) is 24.3 Å². The van der Waals surface area contributed by atoms with Crippen molar-refractivity contribution in [3.8, 4) is 6.07 Å². The van der Waals surface area contributed by atoms with E-state index in [0.29, 0.717) is 0 Å². The normalized spacial score (nSPS) is 13.3. The Bertz CT molecular complexity index is 486. The number of hydrogen-bond donors (Lipinski definition) is 0. The van der Waals surface area contributed by atoms with Crippen molar-refractivity contribution in [1.82, 2.24) is 0 Å². The molecular formula is C11H5F6N. The van der Waals surface area contributed by atoms with Crippen LogP contribution in [-0.4, -0.2) is 12.4 Å². The largest absolute Gasteiger partial charge is 0.417 e. The Balaban J connectivity index is 3.28. The van der Waals surface area contributed by atoms with Gasteiger partial charge in [-0.1, -0.05) is 12.1 Å². The van der Waals surface area contributed by atoms with E-state index in [4.69, 9.17) is 5.26 Å². The van der Waals surface area contributed by atoms with Crippen LogP contribution in [0.25, 0.3) is 5.57 Å². The Labute approximate surface area is 98.0 Å². The lowest BCUT2D eigenvalue weighted by Gasteiger charge is -2.13. The van der Waals surface area contributed by atoms with Gasteiger partial charge in [-0.05, 0) is 17.7 Å². The molecule has 0 radical (unpaired) electrons. The van der Waals surface area contributed by atoms with Crippen LogP contribution in [0.3, 0.4) is 0 Å². The number of halogens is 6. The lowest BCUT2D eigenvalue weighted by atomic mass is 10.0. The van der Waals surface area contributed by atoms with E-state index in [2.05, 4.69) is 0 Å². The molecule has 7 heteroatoms. The molecule has 0 saturated carbocycles. The summed E-state index contributed by atoms with van der Waals surface area (Å²) in [6.07, 6.45) is -11.0. The van der Waals surface area contributed by atoms with Crippen molar-refractivity contribution in [2.45, 2.75) is 12.4 Å². The van der Waals surface area contributed by atoms with Crippen LogP contribution in [0.4, 0.5) is 26.3 Å². The van der Waals surface area contributed by atoms with Gasteiger partial charge in [-0.15, -0.1) is 0 Å². The van der Waals surface area contributed by atoms with Gasteiger partial charge in [-0.25, -0.2) is 0 Å². The third-order valence-electron chi connectivity index (χ3n) is 1.94. The molecule has 0 atom stereocenters. The third-order valence-corrected chi connectivity index (χ3v) is 1.94. The number of hydrogen-bond acceptors (Lipinski definition) is 1. The highest BCUT2D eigenvalue weighted by molar-refractivity contribution is 5.70. The molecule has 0 amide bonds. The molecule has 1 aromatic rings. The smallest absolute Gasteiger partial charge is 0.192 e. The van der Waals surface area contributed by atoms with E-state index >= 15 is 0 Å². The maximum atomic E-state index is 12.5. The van der Waals surface area contributed by atoms with Gasteiger partial charge in [0, 0.05) is 6.08 Å². The van der Waals surface area contributed by atoms with Gasteiger partial charge >= 0.3 is 12.4 Å². The summed E-state index contributed by atoms with van der Waals surface area (Å²) in [6, 6.07) is 5.34. The summed E-state index contributed by atoms with van der Waals surface area (Å²) in [5.41, 5.74) is -2.37. The number of rotatable bonds is 1.